The number of anilines is 1. The Morgan fingerprint density at radius 3 is 2.57 bits per heavy atom. The normalized spacial score (nSPS) is 14.3. The van der Waals surface area contributed by atoms with Crippen LogP contribution in [0.15, 0.2) is 48.8 Å². The number of aromatic nitrogens is 2. The molecule has 0 bridgehead atoms. The first kappa shape index (κ1) is 26.2. The second-order valence-corrected chi connectivity index (χ2v) is 9.87. The predicted molar refractivity (Wildman–Crippen MR) is 145 cm³/mol. The van der Waals surface area contributed by atoms with Gasteiger partial charge in [0.15, 0.2) is 6.61 Å². The number of hydrogen-bond acceptors (Lipinski definition) is 6. The van der Waals surface area contributed by atoms with E-state index in [2.05, 4.69) is 45.7 Å². The fourth-order valence-electron chi connectivity index (χ4n) is 4.32. The molecular formula is C28H36N6O3. The second kappa shape index (κ2) is 11.0. The van der Waals surface area contributed by atoms with Crippen LogP contribution in [0.4, 0.5) is 5.69 Å². The van der Waals surface area contributed by atoms with Crippen molar-refractivity contribution in [3.63, 3.8) is 0 Å². The van der Waals surface area contributed by atoms with E-state index in [9.17, 15) is 9.59 Å². The molecule has 2 N–H and O–H groups in total. The molecule has 0 unspecified atom stereocenters. The molecule has 9 heteroatoms. The standard InChI is InChI=1S/C28H36N6O3/c1-18-7-8-23(34-15-24(16-34)32(4)5)12-26(18)28(36)31-19(2)20-9-21(22-13-30-33(6)14-22)11-25(10-20)37-17-27(35)29-3/h7-14,19,24H,15-17H2,1-6H3,(H,29,35)(H,31,36)/t19-/m1/s1. The number of hydrogen-bond donors (Lipinski definition) is 2. The number of nitrogens with zero attached hydrogens (tertiary/aromatic N) is 4. The van der Waals surface area contributed by atoms with Gasteiger partial charge < -0.3 is 25.2 Å². The van der Waals surface area contributed by atoms with Crippen molar-refractivity contribution in [2.24, 2.45) is 7.05 Å². The predicted octanol–water partition coefficient (Wildman–Crippen LogP) is 2.76. The van der Waals surface area contributed by atoms with Crippen LogP contribution in [-0.4, -0.2) is 73.4 Å². The molecule has 0 radical (unpaired) electrons. The molecule has 0 aliphatic carbocycles. The van der Waals surface area contributed by atoms with E-state index in [0.717, 1.165) is 41.0 Å². The molecule has 2 heterocycles. The first-order chi connectivity index (χ1) is 17.6. The largest absolute Gasteiger partial charge is 0.484 e. The topological polar surface area (TPSA) is 91.7 Å². The number of nitrogens with one attached hydrogen (secondary N) is 2. The molecule has 1 aromatic heterocycles. The third-order valence-corrected chi connectivity index (χ3v) is 6.89. The Hall–Kier alpha value is -3.85. The van der Waals surface area contributed by atoms with E-state index in [4.69, 9.17) is 4.74 Å². The zero-order valence-corrected chi connectivity index (χ0v) is 22.4. The van der Waals surface area contributed by atoms with Crippen LogP contribution in [0.25, 0.3) is 11.1 Å². The van der Waals surface area contributed by atoms with Crippen LogP contribution in [-0.2, 0) is 11.8 Å². The summed E-state index contributed by atoms with van der Waals surface area (Å²) in [5.74, 6) is 0.202. The van der Waals surface area contributed by atoms with Crippen LogP contribution >= 0.6 is 0 Å². The molecule has 4 rings (SSSR count). The first-order valence-corrected chi connectivity index (χ1v) is 12.4. The SMILES string of the molecule is CNC(=O)COc1cc(-c2cnn(C)c2)cc([C@@H](C)NC(=O)c2cc(N3CC(N(C)C)C3)ccc2C)c1. The molecule has 3 aromatic rings. The van der Waals surface area contributed by atoms with E-state index in [0.29, 0.717) is 17.4 Å². The molecule has 0 saturated carbocycles. The van der Waals surface area contributed by atoms with E-state index >= 15 is 0 Å². The number of ether oxygens (including phenoxy) is 1. The van der Waals surface area contributed by atoms with Gasteiger partial charge in [0.2, 0.25) is 0 Å². The number of carbonyl (C=O) groups is 2. The maximum absolute atomic E-state index is 13.4. The minimum absolute atomic E-state index is 0.0929. The summed E-state index contributed by atoms with van der Waals surface area (Å²) in [7, 11) is 7.61. The van der Waals surface area contributed by atoms with E-state index < -0.39 is 0 Å². The minimum Gasteiger partial charge on any atom is -0.484 e. The van der Waals surface area contributed by atoms with Crippen LogP contribution < -0.4 is 20.3 Å². The van der Waals surface area contributed by atoms with Crippen molar-refractivity contribution in [3.8, 4) is 16.9 Å². The molecule has 2 aromatic carbocycles. The molecular weight excluding hydrogens is 468 g/mol. The number of rotatable bonds is 9. The van der Waals surface area contributed by atoms with Crippen molar-refractivity contribution < 1.29 is 14.3 Å². The summed E-state index contributed by atoms with van der Waals surface area (Å²) in [6.45, 7) is 5.71. The monoisotopic (exact) mass is 504 g/mol. The first-order valence-electron chi connectivity index (χ1n) is 12.4. The number of aryl methyl sites for hydroxylation is 2. The van der Waals surface area contributed by atoms with Gasteiger partial charge in [0.05, 0.1) is 12.2 Å². The van der Waals surface area contributed by atoms with Gasteiger partial charge >= 0.3 is 0 Å². The molecule has 9 nitrogen and oxygen atoms in total. The van der Waals surface area contributed by atoms with Gasteiger partial charge in [-0.25, -0.2) is 0 Å². The van der Waals surface area contributed by atoms with Gasteiger partial charge in [-0.05, 0) is 75.0 Å². The summed E-state index contributed by atoms with van der Waals surface area (Å²) >= 11 is 0. The maximum atomic E-state index is 13.4. The highest BCUT2D eigenvalue weighted by atomic mass is 16.5. The molecule has 2 amide bonds. The lowest BCUT2D eigenvalue weighted by atomic mass is 10.00. The zero-order chi connectivity index (χ0) is 26.7. The van der Waals surface area contributed by atoms with E-state index in [1.807, 2.05) is 57.4 Å². The van der Waals surface area contributed by atoms with Crippen molar-refractivity contribution in [2.45, 2.75) is 25.9 Å². The Morgan fingerprint density at radius 1 is 1.16 bits per heavy atom. The summed E-state index contributed by atoms with van der Waals surface area (Å²) in [5, 5.41) is 9.97. The number of likely N-dealkylation sites (N-methyl/N-ethyl adjacent to an activating group) is 2. The molecule has 37 heavy (non-hydrogen) atoms. The quantitative estimate of drug-likeness (QED) is 0.466. The van der Waals surface area contributed by atoms with Crippen molar-refractivity contribution in [1.82, 2.24) is 25.3 Å². The average molecular weight is 505 g/mol. The number of carbonyl (C=O) groups excluding carboxylic acids is 2. The Labute approximate surface area is 218 Å². The van der Waals surface area contributed by atoms with Crippen LogP contribution in [0.5, 0.6) is 5.75 Å². The second-order valence-electron chi connectivity index (χ2n) is 9.87. The summed E-state index contributed by atoms with van der Waals surface area (Å²) < 4.78 is 7.48. The van der Waals surface area contributed by atoms with Gasteiger partial charge in [-0.15, -0.1) is 0 Å². The summed E-state index contributed by atoms with van der Waals surface area (Å²) in [4.78, 5) is 29.6. The smallest absolute Gasteiger partial charge is 0.257 e. The van der Waals surface area contributed by atoms with E-state index in [1.165, 1.54) is 0 Å². The third-order valence-electron chi connectivity index (χ3n) is 6.89. The molecule has 1 aliphatic heterocycles. The Morgan fingerprint density at radius 2 is 1.92 bits per heavy atom. The average Bonchev–Trinajstić information content (AvgIpc) is 3.28. The molecule has 1 atom stereocenters. The molecule has 1 saturated heterocycles. The highest BCUT2D eigenvalue weighted by Gasteiger charge is 2.29. The van der Waals surface area contributed by atoms with E-state index in [-0.39, 0.29) is 24.5 Å². The highest BCUT2D eigenvalue weighted by molar-refractivity contribution is 5.97. The van der Waals surface area contributed by atoms with Crippen molar-refractivity contribution >= 4 is 17.5 Å². The lowest BCUT2D eigenvalue weighted by molar-refractivity contribution is -0.122. The summed E-state index contributed by atoms with van der Waals surface area (Å²) in [6, 6.07) is 12.0. The Balaban J connectivity index is 1.54. The Bertz CT molecular complexity index is 1280. The minimum atomic E-state index is -0.295. The summed E-state index contributed by atoms with van der Waals surface area (Å²) in [6.07, 6.45) is 3.69. The lowest BCUT2D eigenvalue weighted by Gasteiger charge is -2.44. The van der Waals surface area contributed by atoms with Crippen LogP contribution in [0, 0.1) is 6.92 Å². The van der Waals surface area contributed by atoms with Crippen LogP contribution in [0.1, 0.15) is 34.5 Å². The van der Waals surface area contributed by atoms with Crippen molar-refractivity contribution in [1.29, 1.82) is 0 Å². The van der Waals surface area contributed by atoms with Gasteiger partial charge in [0, 0.05) is 56.2 Å². The fraction of sp³-hybridized carbons (Fsp3) is 0.393. The molecule has 0 spiro atoms. The van der Waals surface area contributed by atoms with Gasteiger partial charge in [0.25, 0.3) is 11.8 Å². The zero-order valence-electron chi connectivity index (χ0n) is 22.4. The summed E-state index contributed by atoms with van der Waals surface area (Å²) in [5.41, 5.74) is 5.33. The molecule has 1 aliphatic rings. The van der Waals surface area contributed by atoms with Crippen molar-refractivity contribution in [2.75, 3.05) is 45.7 Å². The lowest BCUT2D eigenvalue weighted by Crippen LogP contribution is -2.57. The Kier molecular flexibility index (Phi) is 7.83. The molecule has 196 valence electrons. The van der Waals surface area contributed by atoms with Gasteiger partial charge in [0.1, 0.15) is 5.75 Å². The fourth-order valence-corrected chi connectivity index (χ4v) is 4.32. The number of amides is 2. The maximum Gasteiger partial charge on any atom is 0.257 e. The van der Waals surface area contributed by atoms with Crippen LogP contribution in [0.2, 0.25) is 0 Å². The van der Waals surface area contributed by atoms with Crippen molar-refractivity contribution in [3.05, 3.63) is 65.5 Å². The third kappa shape index (κ3) is 6.11. The van der Waals surface area contributed by atoms with Gasteiger partial charge in [-0.1, -0.05) is 6.07 Å². The number of benzene rings is 2. The molecule has 1 fully saturated rings. The highest BCUT2D eigenvalue weighted by Crippen LogP contribution is 2.30. The van der Waals surface area contributed by atoms with Crippen LogP contribution in [0.3, 0.4) is 0 Å². The van der Waals surface area contributed by atoms with Gasteiger partial charge in [-0.3, -0.25) is 14.3 Å². The van der Waals surface area contributed by atoms with E-state index in [1.54, 1.807) is 17.9 Å². The van der Waals surface area contributed by atoms with Gasteiger partial charge in [-0.2, -0.15) is 5.10 Å².